The number of amides is 1. The zero-order valence-electron chi connectivity index (χ0n) is 35.4. The zero-order chi connectivity index (χ0) is 41.7. The molecule has 10 nitrogen and oxygen atoms in total. The number of rotatable bonds is 10. The molecule has 12 heteroatoms. The number of carbonyl (C=O) groups excluding carboxylic acids is 2. The first-order valence-corrected chi connectivity index (χ1v) is 20.8. The van der Waals surface area contributed by atoms with Gasteiger partial charge in [-0.15, -0.1) is 0 Å². The molecule has 0 saturated carbocycles. The van der Waals surface area contributed by atoms with Crippen molar-refractivity contribution in [2.75, 3.05) is 39.3 Å². The fourth-order valence-electron chi connectivity index (χ4n) is 8.79. The molecule has 0 unspecified atom stereocenters. The standard InChI is InChI=1S/C46H57ClFN5O5/c1-29-38(30(2)50(9)49-29)39-36(47)18-17-35-34(13-11-25-56-37-14-10-12-31-26-32(48)15-16-33(31)37)41(42(54)57-44(3,4)5)53(40(35)39)24-23-51-27-46(28-51)19-21-52(22-20-46)43(55)58-45(6,7)8/h10,12,14-18,26H,11,13,19-25,27-28H2,1-9H3. The fourth-order valence-corrected chi connectivity index (χ4v) is 9.04. The Morgan fingerprint density at radius 2 is 1.59 bits per heavy atom. The summed E-state index contributed by atoms with van der Waals surface area (Å²) in [4.78, 5) is 31.5. The first-order valence-electron chi connectivity index (χ1n) is 20.4. The minimum atomic E-state index is -0.721. The molecule has 0 N–H and O–H groups in total. The van der Waals surface area contributed by atoms with E-state index < -0.39 is 11.2 Å². The zero-order valence-corrected chi connectivity index (χ0v) is 36.2. The maximum atomic E-state index is 14.5. The monoisotopic (exact) mass is 813 g/mol. The van der Waals surface area contributed by atoms with E-state index in [0.717, 1.165) is 82.2 Å². The molecule has 1 amide bonds. The number of carbonyl (C=O) groups is 2. The number of esters is 1. The average Bonchev–Trinajstić information content (AvgIpc) is 3.57. The molecule has 2 aromatic heterocycles. The molecule has 2 fully saturated rings. The molecule has 5 aromatic rings. The lowest BCUT2D eigenvalue weighted by Crippen LogP contribution is -2.61. The molecule has 2 saturated heterocycles. The van der Waals surface area contributed by atoms with Gasteiger partial charge in [-0.3, -0.25) is 4.68 Å². The average molecular weight is 814 g/mol. The summed E-state index contributed by atoms with van der Waals surface area (Å²) in [7, 11) is 1.93. The number of nitrogens with zero attached hydrogens (tertiary/aromatic N) is 5. The summed E-state index contributed by atoms with van der Waals surface area (Å²) in [5, 5.41) is 7.90. The Balaban J connectivity index is 1.20. The van der Waals surface area contributed by atoms with Gasteiger partial charge in [-0.25, -0.2) is 14.0 Å². The van der Waals surface area contributed by atoms with Gasteiger partial charge in [0.05, 0.1) is 22.8 Å². The molecular weight excluding hydrogens is 757 g/mol. The van der Waals surface area contributed by atoms with Crippen LogP contribution in [0.4, 0.5) is 9.18 Å². The molecule has 0 aliphatic carbocycles. The summed E-state index contributed by atoms with van der Waals surface area (Å²) in [5.74, 6) is 0.0137. The highest BCUT2D eigenvalue weighted by molar-refractivity contribution is 6.35. The van der Waals surface area contributed by atoms with Crippen molar-refractivity contribution >= 4 is 45.3 Å². The van der Waals surface area contributed by atoms with Gasteiger partial charge >= 0.3 is 12.1 Å². The molecular formula is C46H57ClFN5O5. The largest absolute Gasteiger partial charge is 0.493 e. The molecule has 58 heavy (non-hydrogen) atoms. The lowest BCUT2D eigenvalue weighted by atomic mass is 9.72. The minimum absolute atomic E-state index is 0.160. The van der Waals surface area contributed by atoms with E-state index in [1.165, 1.54) is 12.1 Å². The van der Waals surface area contributed by atoms with Crippen molar-refractivity contribution in [1.29, 1.82) is 0 Å². The van der Waals surface area contributed by atoms with Crippen LogP contribution in [0.2, 0.25) is 5.02 Å². The van der Waals surface area contributed by atoms with Crippen LogP contribution in [-0.4, -0.2) is 86.7 Å². The van der Waals surface area contributed by atoms with Gasteiger partial charge in [0.1, 0.15) is 28.5 Å². The highest BCUT2D eigenvalue weighted by atomic mass is 35.5. The fraction of sp³-hybridized carbons (Fsp3) is 0.500. The van der Waals surface area contributed by atoms with Gasteiger partial charge in [0.15, 0.2) is 0 Å². The van der Waals surface area contributed by atoms with Crippen molar-refractivity contribution in [2.24, 2.45) is 12.5 Å². The normalized spacial score (nSPS) is 15.9. The van der Waals surface area contributed by atoms with Crippen LogP contribution in [-0.2, 0) is 29.5 Å². The van der Waals surface area contributed by atoms with Crippen LogP contribution >= 0.6 is 11.6 Å². The maximum Gasteiger partial charge on any atom is 0.410 e. The molecule has 7 rings (SSSR count). The van der Waals surface area contributed by atoms with E-state index >= 15 is 0 Å². The Bertz CT molecular complexity index is 2350. The summed E-state index contributed by atoms with van der Waals surface area (Å²) in [6.07, 6.45) is 2.78. The third-order valence-corrected chi connectivity index (χ3v) is 11.8. The molecule has 0 bridgehead atoms. The van der Waals surface area contributed by atoms with Crippen molar-refractivity contribution in [3.05, 3.63) is 82.0 Å². The predicted octanol–water partition coefficient (Wildman–Crippen LogP) is 9.90. The van der Waals surface area contributed by atoms with Gasteiger partial charge in [0, 0.05) is 73.9 Å². The van der Waals surface area contributed by atoms with Crippen molar-refractivity contribution in [1.82, 2.24) is 24.1 Å². The summed E-state index contributed by atoms with van der Waals surface area (Å²) in [5.41, 5.74) is 4.86. The Morgan fingerprint density at radius 3 is 2.24 bits per heavy atom. The van der Waals surface area contributed by atoms with Gasteiger partial charge in [-0.2, -0.15) is 5.10 Å². The molecule has 2 aliphatic rings. The van der Waals surface area contributed by atoms with E-state index in [0.29, 0.717) is 55.5 Å². The van der Waals surface area contributed by atoms with Gasteiger partial charge < -0.3 is 28.6 Å². The van der Waals surface area contributed by atoms with Crippen LogP contribution < -0.4 is 4.74 Å². The van der Waals surface area contributed by atoms with Crippen LogP contribution in [0, 0.1) is 25.1 Å². The molecule has 0 atom stereocenters. The van der Waals surface area contributed by atoms with E-state index in [1.54, 1.807) is 6.07 Å². The molecule has 3 aromatic carbocycles. The molecule has 310 valence electrons. The Kier molecular flexibility index (Phi) is 11.4. The molecule has 4 heterocycles. The summed E-state index contributed by atoms with van der Waals surface area (Å²) < 4.78 is 36.1. The van der Waals surface area contributed by atoms with Gasteiger partial charge in [-0.1, -0.05) is 29.8 Å². The SMILES string of the molecule is Cc1nn(C)c(C)c1-c1c(Cl)ccc2c(CCCOc3cccc4cc(F)ccc34)c(C(=O)OC(C)(C)C)n(CCN3CC4(CCN(C(=O)OC(C)(C)C)CC4)C3)c12. The smallest absolute Gasteiger partial charge is 0.410 e. The Hall–Kier alpha value is -4.61. The number of hydrogen-bond donors (Lipinski definition) is 0. The number of fused-ring (bicyclic) bond motifs is 2. The number of ether oxygens (including phenoxy) is 3. The first kappa shape index (κ1) is 41.5. The highest BCUT2D eigenvalue weighted by Crippen LogP contribution is 2.44. The quantitative estimate of drug-likeness (QED) is 0.102. The van der Waals surface area contributed by atoms with E-state index in [9.17, 15) is 14.0 Å². The topological polar surface area (TPSA) is 91.1 Å². The summed E-state index contributed by atoms with van der Waals surface area (Å²) in [6, 6.07) is 14.3. The Labute approximate surface area is 346 Å². The van der Waals surface area contributed by atoms with Gasteiger partial charge in [0.25, 0.3) is 0 Å². The molecule has 2 aliphatic heterocycles. The second-order valence-corrected chi connectivity index (χ2v) is 18.6. The number of aryl methyl sites for hydroxylation is 3. The van der Waals surface area contributed by atoms with Crippen LogP contribution in [0.25, 0.3) is 32.8 Å². The number of likely N-dealkylation sites (tertiary alicyclic amines) is 2. The maximum absolute atomic E-state index is 14.5. The summed E-state index contributed by atoms with van der Waals surface area (Å²) >= 11 is 7.17. The van der Waals surface area contributed by atoms with E-state index in [2.05, 4.69) is 9.47 Å². The molecule has 1 spiro atoms. The highest BCUT2D eigenvalue weighted by Gasteiger charge is 2.46. The van der Waals surface area contributed by atoms with Crippen molar-refractivity contribution in [3.8, 4) is 16.9 Å². The van der Waals surface area contributed by atoms with E-state index in [4.69, 9.17) is 30.9 Å². The van der Waals surface area contributed by atoms with Gasteiger partial charge in [-0.05, 0) is 128 Å². The van der Waals surface area contributed by atoms with Crippen LogP contribution in [0.15, 0.2) is 48.5 Å². The van der Waals surface area contributed by atoms with E-state index in [1.807, 2.05) is 102 Å². The number of benzene rings is 3. The predicted molar refractivity (Wildman–Crippen MR) is 227 cm³/mol. The number of piperidine rings is 1. The minimum Gasteiger partial charge on any atom is -0.493 e. The van der Waals surface area contributed by atoms with Crippen LogP contribution in [0.3, 0.4) is 0 Å². The molecule has 0 radical (unpaired) electrons. The Morgan fingerprint density at radius 1 is 0.897 bits per heavy atom. The second kappa shape index (κ2) is 15.9. The lowest BCUT2D eigenvalue weighted by Gasteiger charge is -2.54. The van der Waals surface area contributed by atoms with Crippen molar-refractivity contribution in [3.63, 3.8) is 0 Å². The lowest BCUT2D eigenvalue weighted by molar-refractivity contribution is -0.0522. The van der Waals surface area contributed by atoms with Crippen LogP contribution in [0.1, 0.15) is 88.2 Å². The van der Waals surface area contributed by atoms with Crippen molar-refractivity contribution in [2.45, 2.75) is 98.8 Å². The second-order valence-electron chi connectivity index (χ2n) is 18.2. The number of aromatic nitrogens is 3. The van der Waals surface area contributed by atoms with Crippen molar-refractivity contribution < 1.29 is 28.2 Å². The van der Waals surface area contributed by atoms with E-state index in [-0.39, 0.29) is 23.3 Å². The van der Waals surface area contributed by atoms with Crippen LogP contribution in [0.5, 0.6) is 5.75 Å². The third kappa shape index (κ3) is 8.57. The van der Waals surface area contributed by atoms with Gasteiger partial charge in [0.2, 0.25) is 0 Å². The number of halogens is 2. The first-order chi connectivity index (χ1) is 27.3. The number of hydrogen-bond acceptors (Lipinski definition) is 7. The third-order valence-electron chi connectivity index (χ3n) is 11.5. The summed E-state index contributed by atoms with van der Waals surface area (Å²) in [6.45, 7) is 20.3.